The molecule has 0 fully saturated rings. The lowest BCUT2D eigenvalue weighted by Crippen LogP contribution is -2.38. The van der Waals surface area contributed by atoms with E-state index >= 15 is 0 Å². The number of benzene rings is 1. The van der Waals surface area contributed by atoms with Gasteiger partial charge in [0, 0.05) is 18.7 Å². The zero-order valence-electron chi connectivity index (χ0n) is 10.4. The normalized spacial score (nSPS) is 11.6. The van der Waals surface area contributed by atoms with Crippen molar-refractivity contribution in [3.05, 3.63) is 34.1 Å². The topological polar surface area (TPSA) is 124 Å². The van der Waals surface area contributed by atoms with Crippen LogP contribution in [0, 0.1) is 15.9 Å². The Balaban J connectivity index is 3.25. The highest BCUT2D eigenvalue weighted by Gasteiger charge is 2.27. The number of nitrogens with two attached hydrogens (primary N) is 1. The number of amides is 1. The number of hydrogen-bond donors (Lipinski definition) is 1. The lowest BCUT2D eigenvalue weighted by molar-refractivity contribution is -0.387. The summed E-state index contributed by atoms with van der Waals surface area (Å²) in [7, 11) is -4.14. The number of nitro groups is 1. The number of likely N-dealkylation sites (N-methyl/N-ethyl adjacent to an activating group) is 1. The number of halogens is 1. The first-order chi connectivity index (χ1) is 9.20. The van der Waals surface area contributed by atoms with Gasteiger partial charge in [-0.05, 0) is 6.07 Å². The van der Waals surface area contributed by atoms with E-state index in [1.54, 1.807) is 0 Å². The summed E-state index contributed by atoms with van der Waals surface area (Å²) in [5.74, 6) is -2.14. The first-order valence-electron chi connectivity index (χ1n) is 5.42. The van der Waals surface area contributed by atoms with E-state index in [-0.39, 0.29) is 6.54 Å². The molecule has 0 atom stereocenters. The molecule has 0 aromatic heterocycles. The summed E-state index contributed by atoms with van der Waals surface area (Å²) in [4.78, 5) is 19.8. The molecule has 8 nitrogen and oxygen atoms in total. The molecule has 1 aromatic rings. The Morgan fingerprint density at radius 2 is 2.10 bits per heavy atom. The lowest BCUT2D eigenvalue weighted by atomic mass is 10.3. The molecule has 0 unspecified atom stereocenters. The highest BCUT2D eigenvalue weighted by molar-refractivity contribution is 7.89. The van der Waals surface area contributed by atoms with Crippen molar-refractivity contribution in [1.82, 2.24) is 4.31 Å². The van der Waals surface area contributed by atoms with E-state index in [0.29, 0.717) is 6.07 Å². The zero-order valence-corrected chi connectivity index (χ0v) is 11.3. The van der Waals surface area contributed by atoms with Crippen LogP contribution < -0.4 is 5.73 Å². The van der Waals surface area contributed by atoms with Gasteiger partial charge in [-0.1, -0.05) is 6.92 Å². The van der Waals surface area contributed by atoms with Crippen LogP contribution in [-0.4, -0.2) is 36.6 Å². The molecule has 2 N–H and O–H groups in total. The number of primary amides is 1. The second-order valence-electron chi connectivity index (χ2n) is 3.77. The second-order valence-corrected chi connectivity index (χ2v) is 5.71. The van der Waals surface area contributed by atoms with Crippen molar-refractivity contribution in [2.24, 2.45) is 5.73 Å². The molecule has 0 aliphatic carbocycles. The number of carbonyl (C=O) groups is 1. The van der Waals surface area contributed by atoms with Crippen LogP contribution in [0.1, 0.15) is 6.92 Å². The summed E-state index contributed by atoms with van der Waals surface area (Å²) < 4.78 is 38.4. The number of rotatable bonds is 6. The second kappa shape index (κ2) is 5.92. The van der Waals surface area contributed by atoms with Crippen LogP contribution in [0.2, 0.25) is 0 Å². The van der Waals surface area contributed by atoms with Gasteiger partial charge in [0.2, 0.25) is 21.7 Å². The SMILES string of the molecule is CCN(CC(N)=O)S(=O)(=O)c1ccc([N+](=O)[O-])c(F)c1. The zero-order chi connectivity index (χ0) is 15.5. The minimum atomic E-state index is -4.14. The molecule has 1 rings (SSSR count). The van der Waals surface area contributed by atoms with Crippen LogP contribution in [0.3, 0.4) is 0 Å². The molecule has 10 heteroatoms. The van der Waals surface area contributed by atoms with Gasteiger partial charge in [-0.3, -0.25) is 14.9 Å². The van der Waals surface area contributed by atoms with Crippen LogP contribution in [0.4, 0.5) is 10.1 Å². The first-order valence-corrected chi connectivity index (χ1v) is 6.86. The fourth-order valence-electron chi connectivity index (χ4n) is 1.49. The Morgan fingerprint density at radius 1 is 1.50 bits per heavy atom. The van der Waals surface area contributed by atoms with E-state index in [4.69, 9.17) is 5.73 Å². The minimum absolute atomic E-state index is 0.0517. The Kier molecular flexibility index (Phi) is 4.73. The molecular formula is C10H12FN3O5S. The van der Waals surface area contributed by atoms with Gasteiger partial charge in [0.05, 0.1) is 16.4 Å². The first kappa shape index (κ1) is 16.0. The van der Waals surface area contributed by atoms with E-state index < -0.39 is 43.8 Å². The molecule has 0 bridgehead atoms. The van der Waals surface area contributed by atoms with Gasteiger partial charge < -0.3 is 5.73 Å². The third kappa shape index (κ3) is 3.27. The van der Waals surface area contributed by atoms with Crippen molar-refractivity contribution in [3.8, 4) is 0 Å². The van der Waals surface area contributed by atoms with Crippen LogP contribution >= 0.6 is 0 Å². The number of sulfonamides is 1. The Morgan fingerprint density at radius 3 is 2.50 bits per heavy atom. The molecule has 0 saturated carbocycles. The van der Waals surface area contributed by atoms with Crippen molar-refractivity contribution in [2.75, 3.05) is 13.1 Å². The summed E-state index contributed by atoms with van der Waals surface area (Å²) in [6.45, 7) is 0.865. The standard InChI is InChI=1S/C10H12FN3O5S/c1-2-13(6-10(12)15)20(18,19)7-3-4-9(14(16)17)8(11)5-7/h3-5H,2,6H2,1H3,(H2,12,15). The molecule has 110 valence electrons. The maximum atomic E-state index is 13.4. The van der Waals surface area contributed by atoms with Crippen LogP contribution in [-0.2, 0) is 14.8 Å². The number of hydrogen-bond acceptors (Lipinski definition) is 5. The maximum absolute atomic E-state index is 13.4. The van der Waals surface area contributed by atoms with Gasteiger partial charge in [0.15, 0.2) is 0 Å². The monoisotopic (exact) mass is 305 g/mol. The fourth-order valence-corrected chi connectivity index (χ4v) is 2.91. The lowest BCUT2D eigenvalue weighted by Gasteiger charge is -2.18. The highest BCUT2D eigenvalue weighted by Crippen LogP contribution is 2.23. The van der Waals surface area contributed by atoms with Crippen LogP contribution in [0.5, 0.6) is 0 Å². The average Bonchev–Trinajstić information content (AvgIpc) is 2.34. The van der Waals surface area contributed by atoms with E-state index in [2.05, 4.69) is 0 Å². The summed E-state index contributed by atoms with van der Waals surface area (Å²) >= 11 is 0. The third-order valence-corrected chi connectivity index (χ3v) is 4.36. The molecule has 0 spiro atoms. The quantitative estimate of drug-likeness (QED) is 0.595. The maximum Gasteiger partial charge on any atom is 0.304 e. The van der Waals surface area contributed by atoms with E-state index in [1.165, 1.54) is 6.92 Å². The molecule has 0 aliphatic rings. The molecule has 20 heavy (non-hydrogen) atoms. The number of nitrogens with zero attached hydrogens (tertiary/aromatic N) is 2. The predicted molar refractivity (Wildman–Crippen MR) is 66.7 cm³/mol. The van der Waals surface area contributed by atoms with Crippen molar-refractivity contribution < 1.29 is 22.5 Å². The van der Waals surface area contributed by atoms with E-state index in [9.17, 15) is 27.7 Å². The van der Waals surface area contributed by atoms with Gasteiger partial charge in [-0.15, -0.1) is 0 Å². The number of carbonyl (C=O) groups excluding carboxylic acids is 1. The van der Waals surface area contributed by atoms with Gasteiger partial charge in [0.25, 0.3) is 0 Å². The van der Waals surface area contributed by atoms with Gasteiger partial charge in [-0.2, -0.15) is 8.70 Å². The smallest absolute Gasteiger partial charge is 0.304 e. The van der Waals surface area contributed by atoms with E-state index in [1.807, 2.05) is 0 Å². The van der Waals surface area contributed by atoms with Gasteiger partial charge in [0.1, 0.15) is 0 Å². The van der Waals surface area contributed by atoms with Crippen LogP contribution in [0.15, 0.2) is 23.1 Å². The fraction of sp³-hybridized carbons (Fsp3) is 0.300. The van der Waals surface area contributed by atoms with Gasteiger partial charge >= 0.3 is 5.69 Å². The summed E-state index contributed by atoms with van der Waals surface area (Å²) in [6.07, 6.45) is 0. The molecule has 0 radical (unpaired) electrons. The molecular weight excluding hydrogens is 293 g/mol. The third-order valence-electron chi connectivity index (χ3n) is 2.44. The Hall–Kier alpha value is -2.07. The van der Waals surface area contributed by atoms with Gasteiger partial charge in [-0.25, -0.2) is 8.42 Å². The van der Waals surface area contributed by atoms with Crippen molar-refractivity contribution in [1.29, 1.82) is 0 Å². The van der Waals surface area contributed by atoms with Crippen molar-refractivity contribution in [3.63, 3.8) is 0 Å². The number of nitro benzene ring substituents is 1. The Bertz CT molecular complexity index is 646. The van der Waals surface area contributed by atoms with Crippen LogP contribution in [0.25, 0.3) is 0 Å². The minimum Gasteiger partial charge on any atom is -0.369 e. The molecule has 0 heterocycles. The molecule has 1 aromatic carbocycles. The highest BCUT2D eigenvalue weighted by atomic mass is 32.2. The van der Waals surface area contributed by atoms with E-state index in [0.717, 1.165) is 16.4 Å². The average molecular weight is 305 g/mol. The van der Waals surface area contributed by atoms with Crippen molar-refractivity contribution in [2.45, 2.75) is 11.8 Å². The molecule has 0 aliphatic heterocycles. The summed E-state index contributed by atoms with van der Waals surface area (Å²) in [6, 6.07) is 2.19. The predicted octanol–water partition coefficient (Wildman–Crippen LogP) is 0.230. The van der Waals surface area contributed by atoms with Crippen molar-refractivity contribution >= 4 is 21.6 Å². The molecule has 0 saturated heterocycles. The summed E-state index contributed by atoms with van der Waals surface area (Å²) in [5.41, 5.74) is 4.10. The molecule has 1 amide bonds. The largest absolute Gasteiger partial charge is 0.369 e. The summed E-state index contributed by atoms with van der Waals surface area (Å²) in [5, 5.41) is 10.5. The Labute approximate surface area is 114 Å².